The molecule has 0 aromatic carbocycles. The lowest BCUT2D eigenvalue weighted by Gasteiger charge is -2.09. The predicted octanol–water partition coefficient (Wildman–Crippen LogP) is 2.78. The van der Waals surface area contributed by atoms with Crippen molar-refractivity contribution in [1.82, 2.24) is 5.32 Å². The Morgan fingerprint density at radius 1 is 1.57 bits per heavy atom. The minimum absolute atomic E-state index is 0.443. The lowest BCUT2D eigenvalue weighted by Crippen LogP contribution is -2.25. The Kier molecular flexibility index (Phi) is 3.99. The summed E-state index contributed by atoms with van der Waals surface area (Å²) >= 11 is 5.24. The van der Waals surface area contributed by atoms with Crippen LogP contribution >= 0.6 is 27.3 Å². The van der Waals surface area contributed by atoms with E-state index in [1.54, 1.807) is 11.3 Å². The molecule has 1 atom stereocenters. The Morgan fingerprint density at radius 2 is 2.50 bits per heavy atom. The Balaban J connectivity index is 1.67. The van der Waals surface area contributed by atoms with Crippen LogP contribution in [0.15, 0.2) is 15.9 Å². The van der Waals surface area contributed by atoms with Gasteiger partial charge in [0.1, 0.15) is 0 Å². The summed E-state index contributed by atoms with van der Waals surface area (Å²) < 4.78 is 6.73. The molecule has 2 nitrogen and oxygen atoms in total. The highest BCUT2D eigenvalue weighted by molar-refractivity contribution is 9.11. The fourth-order valence-electron chi connectivity index (χ4n) is 1.61. The van der Waals surface area contributed by atoms with Crippen molar-refractivity contribution in [3.8, 4) is 0 Å². The van der Waals surface area contributed by atoms with Gasteiger partial charge >= 0.3 is 0 Å². The zero-order valence-electron chi connectivity index (χ0n) is 7.96. The maximum absolute atomic E-state index is 5.53. The standard InChI is InChI=1S/C10H14BrNOS/c11-10-4-3-9(14-10)7-12-6-8-2-1-5-13-8/h3-4,8,12H,1-2,5-7H2/t8-/m1/s1. The number of nitrogens with one attached hydrogen (secondary N) is 1. The van der Waals surface area contributed by atoms with E-state index in [1.165, 1.54) is 21.5 Å². The van der Waals surface area contributed by atoms with Gasteiger partial charge in [0.05, 0.1) is 9.89 Å². The summed E-state index contributed by atoms with van der Waals surface area (Å²) in [7, 11) is 0. The minimum atomic E-state index is 0.443. The molecule has 2 heterocycles. The first-order valence-electron chi connectivity index (χ1n) is 4.91. The normalized spacial score (nSPS) is 21.6. The molecule has 0 radical (unpaired) electrons. The zero-order chi connectivity index (χ0) is 9.80. The third kappa shape index (κ3) is 3.05. The van der Waals surface area contributed by atoms with E-state index in [9.17, 15) is 0 Å². The maximum Gasteiger partial charge on any atom is 0.0701 e. The van der Waals surface area contributed by atoms with Crippen molar-refractivity contribution >= 4 is 27.3 Å². The van der Waals surface area contributed by atoms with Gasteiger partial charge in [0, 0.05) is 24.6 Å². The first-order valence-corrected chi connectivity index (χ1v) is 6.52. The number of ether oxygens (including phenoxy) is 1. The van der Waals surface area contributed by atoms with Crippen molar-refractivity contribution in [2.75, 3.05) is 13.2 Å². The van der Waals surface area contributed by atoms with Gasteiger partial charge in [-0.1, -0.05) is 0 Å². The molecule has 1 N–H and O–H groups in total. The molecule has 0 spiro atoms. The molecule has 1 aliphatic heterocycles. The molecule has 1 saturated heterocycles. The van der Waals surface area contributed by atoms with Crippen LogP contribution in [0.2, 0.25) is 0 Å². The number of thiophene rings is 1. The number of hydrogen-bond acceptors (Lipinski definition) is 3. The molecule has 0 amide bonds. The van der Waals surface area contributed by atoms with Crippen molar-refractivity contribution in [2.45, 2.75) is 25.5 Å². The molecule has 1 aliphatic rings. The smallest absolute Gasteiger partial charge is 0.0701 e. The largest absolute Gasteiger partial charge is 0.377 e. The lowest BCUT2D eigenvalue weighted by molar-refractivity contribution is 0.110. The molecule has 0 unspecified atom stereocenters. The van der Waals surface area contributed by atoms with E-state index < -0.39 is 0 Å². The topological polar surface area (TPSA) is 21.3 Å². The van der Waals surface area contributed by atoms with E-state index in [4.69, 9.17) is 4.74 Å². The summed E-state index contributed by atoms with van der Waals surface area (Å²) in [6.07, 6.45) is 2.87. The van der Waals surface area contributed by atoms with Crippen LogP contribution in [0.5, 0.6) is 0 Å². The molecule has 78 valence electrons. The van der Waals surface area contributed by atoms with Crippen LogP contribution < -0.4 is 5.32 Å². The highest BCUT2D eigenvalue weighted by Gasteiger charge is 2.14. The Bertz CT molecular complexity index is 283. The van der Waals surface area contributed by atoms with Crippen molar-refractivity contribution < 1.29 is 4.74 Å². The highest BCUT2D eigenvalue weighted by atomic mass is 79.9. The van der Waals surface area contributed by atoms with E-state index in [0.717, 1.165) is 19.7 Å². The third-order valence-corrected chi connectivity index (χ3v) is 3.95. The first kappa shape index (κ1) is 10.6. The number of halogens is 1. The van der Waals surface area contributed by atoms with Gasteiger partial charge in [0.25, 0.3) is 0 Å². The fourth-order valence-corrected chi connectivity index (χ4v) is 3.06. The Morgan fingerprint density at radius 3 is 3.14 bits per heavy atom. The summed E-state index contributed by atoms with van der Waals surface area (Å²) in [6, 6.07) is 4.24. The van der Waals surface area contributed by atoms with Crippen LogP contribution in [-0.4, -0.2) is 19.3 Å². The fraction of sp³-hybridized carbons (Fsp3) is 0.600. The molecule has 2 rings (SSSR count). The van der Waals surface area contributed by atoms with Crippen LogP contribution in [0.4, 0.5) is 0 Å². The summed E-state index contributed by atoms with van der Waals surface area (Å²) in [4.78, 5) is 1.37. The second kappa shape index (κ2) is 5.26. The molecule has 1 fully saturated rings. The zero-order valence-corrected chi connectivity index (χ0v) is 10.4. The van der Waals surface area contributed by atoms with Crippen LogP contribution in [0.25, 0.3) is 0 Å². The van der Waals surface area contributed by atoms with E-state index in [2.05, 4.69) is 33.4 Å². The molecule has 0 saturated carbocycles. The van der Waals surface area contributed by atoms with E-state index >= 15 is 0 Å². The molecule has 14 heavy (non-hydrogen) atoms. The van der Waals surface area contributed by atoms with Gasteiger partial charge in [-0.15, -0.1) is 11.3 Å². The van der Waals surface area contributed by atoms with E-state index in [0.29, 0.717) is 6.10 Å². The lowest BCUT2D eigenvalue weighted by atomic mass is 10.2. The molecular formula is C10H14BrNOS. The monoisotopic (exact) mass is 275 g/mol. The SMILES string of the molecule is Brc1ccc(CNC[C@H]2CCCO2)s1. The maximum atomic E-state index is 5.53. The molecule has 0 bridgehead atoms. The van der Waals surface area contributed by atoms with Crippen LogP contribution in [0.3, 0.4) is 0 Å². The molecule has 1 aromatic rings. The quantitative estimate of drug-likeness (QED) is 0.913. The second-order valence-corrected chi connectivity index (χ2v) is 6.02. The van der Waals surface area contributed by atoms with Crippen LogP contribution in [-0.2, 0) is 11.3 Å². The van der Waals surface area contributed by atoms with Gasteiger partial charge in [0.2, 0.25) is 0 Å². The van der Waals surface area contributed by atoms with Gasteiger partial charge in [-0.3, -0.25) is 0 Å². The van der Waals surface area contributed by atoms with Gasteiger partial charge < -0.3 is 10.1 Å². The number of hydrogen-bond donors (Lipinski definition) is 1. The van der Waals surface area contributed by atoms with E-state index in [1.807, 2.05) is 0 Å². The average molecular weight is 276 g/mol. The Hall–Kier alpha value is 0.1000. The first-order chi connectivity index (χ1) is 6.84. The summed E-state index contributed by atoms with van der Waals surface area (Å²) in [5.41, 5.74) is 0. The highest BCUT2D eigenvalue weighted by Crippen LogP contribution is 2.21. The summed E-state index contributed by atoms with van der Waals surface area (Å²) in [6.45, 7) is 2.88. The van der Waals surface area contributed by atoms with Crippen molar-refractivity contribution in [1.29, 1.82) is 0 Å². The molecule has 4 heteroatoms. The van der Waals surface area contributed by atoms with Gasteiger partial charge in [-0.2, -0.15) is 0 Å². The summed E-state index contributed by atoms with van der Waals surface area (Å²) in [5, 5.41) is 3.42. The molecular weight excluding hydrogens is 262 g/mol. The number of rotatable bonds is 4. The third-order valence-electron chi connectivity index (χ3n) is 2.32. The summed E-state index contributed by atoms with van der Waals surface area (Å²) in [5.74, 6) is 0. The van der Waals surface area contributed by atoms with Gasteiger partial charge in [0.15, 0.2) is 0 Å². The minimum Gasteiger partial charge on any atom is -0.377 e. The van der Waals surface area contributed by atoms with Crippen molar-refractivity contribution in [3.63, 3.8) is 0 Å². The van der Waals surface area contributed by atoms with Gasteiger partial charge in [-0.05, 0) is 40.9 Å². The molecule has 0 aliphatic carbocycles. The van der Waals surface area contributed by atoms with Crippen LogP contribution in [0.1, 0.15) is 17.7 Å². The van der Waals surface area contributed by atoms with Crippen molar-refractivity contribution in [2.24, 2.45) is 0 Å². The van der Waals surface area contributed by atoms with Crippen LogP contribution in [0, 0.1) is 0 Å². The van der Waals surface area contributed by atoms with Crippen molar-refractivity contribution in [3.05, 3.63) is 20.8 Å². The molecule has 1 aromatic heterocycles. The second-order valence-electron chi connectivity index (χ2n) is 3.47. The van der Waals surface area contributed by atoms with E-state index in [-0.39, 0.29) is 0 Å². The predicted molar refractivity (Wildman–Crippen MR) is 62.7 cm³/mol. The van der Waals surface area contributed by atoms with Gasteiger partial charge in [-0.25, -0.2) is 0 Å². The Labute approximate surface area is 96.8 Å². The average Bonchev–Trinajstić information content (AvgIpc) is 2.77.